The Labute approximate surface area is 180 Å². The molecule has 0 bridgehead atoms. The molecule has 0 aromatic carbocycles. The van der Waals surface area contributed by atoms with Crippen molar-refractivity contribution in [2.45, 2.75) is 88.8 Å². The molecule has 2 unspecified atom stereocenters. The van der Waals surface area contributed by atoms with Crippen LogP contribution in [-0.2, 0) is 9.59 Å². The quantitative estimate of drug-likeness (QED) is 0.375. The molecule has 0 radical (unpaired) electrons. The van der Waals surface area contributed by atoms with Gasteiger partial charge in [0.2, 0.25) is 0 Å². The van der Waals surface area contributed by atoms with E-state index in [0.717, 1.165) is 38.5 Å². The number of aliphatic carboxylic acids is 2. The summed E-state index contributed by atoms with van der Waals surface area (Å²) in [5.74, 6) is -1.96. The molecule has 0 aromatic rings. The zero-order valence-corrected chi connectivity index (χ0v) is 18.0. The van der Waals surface area contributed by atoms with E-state index in [1.54, 1.807) is 0 Å². The minimum atomic E-state index is -0.981. The summed E-state index contributed by atoms with van der Waals surface area (Å²) in [4.78, 5) is 20.0. The molecule has 0 aliphatic carbocycles. The van der Waals surface area contributed by atoms with Crippen LogP contribution in [0.25, 0.3) is 0 Å². The standard InChI is InChI=1S/2C8H15ClO2.Ca/c2*1-2-4-7(9)5-3-6-8(10)11;/h2*7H,2-6H2,1H3,(H,10,11);/q;;+2/p-2. The molecule has 0 amide bonds. The van der Waals surface area contributed by atoms with Gasteiger partial charge in [0.1, 0.15) is 0 Å². The van der Waals surface area contributed by atoms with Gasteiger partial charge in [0, 0.05) is 22.7 Å². The Balaban J connectivity index is -0.000000333. The molecule has 0 aromatic heterocycles. The van der Waals surface area contributed by atoms with Gasteiger partial charge < -0.3 is 19.8 Å². The van der Waals surface area contributed by atoms with Crippen molar-refractivity contribution in [2.24, 2.45) is 0 Å². The average molecular weight is 395 g/mol. The van der Waals surface area contributed by atoms with Crippen LogP contribution in [0.1, 0.15) is 78.1 Å². The van der Waals surface area contributed by atoms with Crippen molar-refractivity contribution >= 4 is 72.9 Å². The van der Waals surface area contributed by atoms with Gasteiger partial charge in [-0.05, 0) is 51.4 Å². The fourth-order valence-corrected chi connectivity index (χ4v) is 2.60. The van der Waals surface area contributed by atoms with Gasteiger partial charge in [0.05, 0.1) is 0 Å². The fraction of sp³-hybridized carbons (Fsp3) is 0.875. The molecule has 0 heterocycles. The predicted octanol–water partition coefficient (Wildman–Crippen LogP) is 2.25. The zero-order valence-electron chi connectivity index (χ0n) is 14.3. The van der Waals surface area contributed by atoms with E-state index in [9.17, 15) is 19.8 Å². The van der Waals surface area contributed by atoms with Crippen LogP contribution in [0.5, 0.6) is 0 Å². The summed E-state index contributed by atoms with van der Waals surface area (Å²) in [6.45, 7) is 4.13. The largest absolute Gasteiger partial charge is 2.00 e. The summed E-state index contributed by atoms with van der Waals surface area (Å²) in [5.41, 5.74) is 0. The van der Waals surface area contributed by atoms with Gasteiger partial charge in [-0.15, -0.1) is 23.2 Å². The van der Waals surface area contributed by atoms with Crippen LogP contribution in [0.3, 0.4) is 0 Å². The Hall–Kier alpha value is 0.780. The summed E-state index contributed by atoms with van der Waals surface area (Å²) < 4.78 is 0. The van der Waals surface area contributed by atoms with Crippen molar-refractivity contribution in [1.82, 2.24) is 0 Å². The Morgan fingerprint density at radius 2 is 1.09 bits per heavy atom. The SMILES string of the molecule is CCCC(Cl)CCCC(=O)[O-].CCCC(Cl)CCCC(=O)[O-].[Ca+2]. The van der Waals surface area contributed by atoms with E-state index < -0.39 is 11.9 Å². The van der Waals surface area contributed by atoms with E-state index in [1.165, 1.54) is 0 Å². The molecule has 132 valence electrons. The van der Waals surface area contributed by atoms with Crippen LogP contribution in [0.2, 0.25) is 0 Å². The minimum Gasteiger partial charge on any atom is -0.550 e. The smallest absolute Gasteiger partial charge is 0.550 e. The van der Waals surface area contributed by atoms with Gasteiger partial charge >= 0.3 is 37.7 Å². The number of carboxylic acid groups (broad SMARTS) is 2. The number of carbonyl (C=O) groups is 2. The zero-order chi connectivity index (χ0) is 17.4. The number of hydrogen-bond donors (Lipinski definition) is 0. The summed E-state index contributed by atoms with van der Waals surface area (Å²) in [7, 11) is 0. The molecule has 0 aliphatic heterocycles. The van der Waals surface area contributed by atoms with Gasteiger partial charge in [-0.25, -0.2) is 0 Å². The average Bonchev–Trinajstić information content (AvgIpc) is 2.39. The van der Waals surface area contributed by atoms with Gasteiger partial charge in [0.15, 0.2) is 0 Å². The van der Waals surface area contributed by atoms with Gasteiger partial charge in [-0.3, -0.25) is 0 Å². The number of halogens is 2. The van der Waals surface area contributed by atoms with Crippen LogP contribution in [0, 0.1) is 0 Å². The van der Waals surface area contributed by atoms with Crippen molar-refractivity contribution in [3.05, 3.63) is 0 Å². The maximum Gasteiger partial charge on any atom is 2.00 e. The Kier molecular flexibility index (Phi) is 25.9. The monoisotopic (exact) mass is 394 g/mol. The van der Waals surface area contributed by atoms with Crippen molar-refractivity contribution in [3.63, 3.8) is 0 Å². The number of carboxylic acids is 2. The Bertz CT molecular complexity index is 263. The molecule has 2 atom stereocenters. The minimum absolute atomic E-state index is 0. The van der Waals surface area contributed by atoms with E-state index >= 15 is 0 Å². The molecule has 7 heteroatoms. The normalized spacial score (nSPS) is 12.3. The maximum absolute atomic E-state index is 9.98. The molecule has 4 nitrogen and oxygen atoms in total. The van der Waals surface area contributed by atoms with Crippen molar-refractivity contribution < 1.29 is 19.8 Å². The van der Waals surface area contributed by atoms with Crippen LogP contribution < -0.4 is 10.2 Å². The van der Waals surface area contributed by atoms with Crippen molar-refractivity contribution in [2.75, 3.05) is 0 Å². The third-order valence-corrected chi connectivity index (χ3v) is 3.87. The number of rotatable bonds is 12. The van der Waals surface area contributed by atoms with E-state index in [2.05, 4.69) is 13.8 Å². The van der Waals surface area contributed by atoms with Gasteiger partial charge in [-0.2, -0.15) is 0 Å². The molecule has 0 rings (SSSR count). The van der Waals surface area contributed by atoms with Crippen molar-refractivity contribution in [3.8, 4) is 0 Å². The number of hydrogen-bond acceptors (Lipinski definition) is 4. The van der Waals surface area contributed by atoms with E-state index in [1.807, 2.05) is 0 Å². The van der Waals surface area contributed by atoms with E-state index in [0.29, 0.717) is 12.8 Å². The second kappa shape index (κ2) is 20.8. The second-order valence-electron chi connectivity index (χ2n) is 5.30. The molecule has 0 N–H and O–H groups in total. The molecule has 0 spiro atoms. The Morgan fingerprint density at radius 1 is 0.783 bits per heavy atom. The first-order valence-electron chi connectivity index (χ1n) is 8.01. The topological polar surface area (TPSA) is 80.3 Å². The number of alkyl halides is 2. The predicted molar refractivity (Wildman–Crippen MR) is 92.6 cm³/mol. The first-order valence-corrected chi connectivity index (χ1v) is 8.88. The van der Waals surface area contributed by atoms with Gasteiger partial charge in [-0.1, -0.05) is 26.7 Å². The van der Waals surface area contributed by atoms with Gasteiger partial charge in [0.25, 0.3) is 0 Å². The molecule has 0 saturated carbocycles. The van der Waals surface area contributed by atoms with E-state index in [4.69, 9.17) is 23.2 Å². The summed E-state index contributed by atoms with van der Waals surface area (Å²) in [6, 6.07) is 0. The molecular weight excluding hydrogens is 367 g/mol. The maximum atomic E-state index is 9.98. The third kappa shape index (κ3) is 27.9. The molecule has 0 saturated heterocycles. The van der Waals surface area contributed by atoms with Crippen molar-refractivity contribution in [1.29, 1.82) is 0 Å². The summed E-state index contributed by atoms with van der Waals surface area (Å²) in [5, 5.41) is 20.2. The first kappa shape index (κ1) is 28.6. The Morgan fingerprint density at radius 3 is 1.30 bits per heavy atom. The third-order valence-electron chi connectivity index (χ3n) is 3.00. The van der Waals surface area contributed by atoms with Crippen LogP contribution >= 0.6 is 23.2 Å². The second-order valence-corrected chi connectivity index (χ2v) is 6.53. The van der Waals surface area contributed by atoms with E-state index in [-0.39, 0.29) is 61.3 Å². The molecular formula is C16H28CaCl2O4. The molecule has 0 fully saturated rings. The molecule has 23 heavy (non-hydrogen) atoms. The molecule has 0 aliphatic rings. The van der Waals surface area contributed by atoms with Crippen LogP contribution in [-0.4, -0.2) is 60.4 Å². The number of carbonyl (C=O) groups excluding carboxylic acids is 2. The fourth-order valence-electron chi connectivity index (χ4n) is 1.85. The summed E-state index contributed by atoms with van der Waals surface area (Å²) >= 11 is 11.7. The summed E-state index contributed by atoms with van der Waals surface area (Å²) in [6.07, 6.45) is 7.14. The van der Waals surface area contributed by atoms with Crippen LogP contribution in [0.4, 0.5) is 0 Å². The first-order chi connectivity index (χ1) is 10.3. The van der Waals surface area contributed by atoms with Crippen LogP contribution in [0.15, 0.2) is 0 Å².